The Morgan fingerprint density at radius 2 is 2.12 bits per heavy atom. The second-order valence-corrected chi connectivity index (χ2v) is 4.18. The van der Waals surface area contributed by atoms with E-state index in [1.54, 1.807) is 7.11 Å². The molecule has 17 heavy (non-hydrogen) atoms. The van der Waals surface area contributed by atoms with Crippen molar-refractivity contribution in [3.05, 3.63) is 36.0 Å². The number of methoxy groups -OCH3 is 1. The Hall–Kier alpha value is -1.77. The van der Waals surface area contributed by atoms with E-state index >= 15 is 0 Å². The molecule has 0 heterocycles. The summed E-state index contributed by atoms with van der Waals surface area (Å²) in [6.45, 7) is 0. The van der Waals surface area contributed by atoms with Gasteiger partial charge < -0.3 is 10.1 Å². The van der Waals surface area contributed by atoms with Crippen molar-refractivity contribution in [2.45, 2.75) is 25.7 Å². The monoisotopic (exact) mass is 231 g/mol. The summed E-state index contributed by atoms with van der Waals surface area (Å²) >= 11 is 0. The number of hydrogen-bond donors (Lipinski definition) is 1. The third kappa shape index (κ3) is 3.09. The summed E-state index contributed by atoms with van der Waals surface area (Å²) in [5, 5.41) is 3.16. The van der Waals surface area contributed by atoms with Crippen LogP contribution in [0.4, 0.5) is 5.69 Å². The van der Waals surface area contributed by atoms with Crippen LogP contribution in [0.1, 0.15) is 25.7 Å². The summed E-state index contributed by atoms with van der Waals surface area (Å²) in [5.41, 5.74) is 1.84. The molecule has 1 saturated carbocycles. The zero-order valence-electron chi connectivity index (χ0n) is 10.0. The third-order valence-corrected chi connectivity index (χ3v) is 2.94. The molecule has 0 radical (unpaired) electrons. The van der Waals surface area contributed by atoms with Gasteiger partial charge in [0.15, 0.2) is 5.78 Å². The third-order valence-electron chi connectivity index (χ3n) is 2.94. The highest BCUT2D eigenvalue weighted by atomic mass is 16.5. The first-order chi connectivity index (χ1) is 8.29. The number of hydrogen-bond acceptors (Lipinski definition) is 3. The van der Waals surface area contributed by atoms with Gasteiger partial charge in [-0.25, -0.2) is 0 Å². The highest BCUT2D eigenvalue weighted by Crippen LogP contribution is 2.21. The minimum absolute atomic E-state index is 0.270. The van der Waals surface area contributed by atoms with Gasteiger partial charge in [-0.05, 0) is 31.4 Å². The molecule has 0 aromatic heterocycles. The predicted octanol–water partition coefficient (Wildman–Crippen LogP) is 3.13. The molecule has 3 heteroatoms. The van der Waals surface area contributed by atoms with Crippen molar-refractivity contribution in [3.8, 4) is 5.75 Å². The number of anilines is 1. The van der Waals surface area contributed by atoms with Crippen molar-refractivity contribution in [3.63, 3.8) is 0 Å². The number of allylic oxidation sites excluding steroid dienone is 1. The molecule has 1 aromatic carbocycles. The fourth-order valence-corrected chi connectivity index (χ4v) is 1.94. The van der Waals surface area contributed by atoms with Crippen LogP contribution in [0.5, 0.6) is 5.75 Å². The molecule has 2 rings (SSSR count). The van der Waals surface area contributed by atoms with E-state index < -0.39 is 0 Å². The zero-order chi connectivity index (χ0) is 12.1. The number of Topliss-reactive ketones (excluding diaryl/α,β-unsaturated/α-hetero) is 1. The first kappa shape index (κ1) is 11.7. The Labute approximate surface area is 101 Å². The highest BCUT2D eigenvalue weighted by Gasteiger charge is 2.14. The minimum atomic E-state index is 0.270. The highest BCUT2D eigenvalue weighted by molar-refractivity contribution is 5.96. The fraction of sp³-hybridized carbons (Fsp3) is 0.357. The van der Waals surface area contributed by atoms with Gasteiger partial charge in [-0.3, -0.25) is 4.79 Å². The van der Waals surface area contributed by atoms with Crippen LogP contribution in [0.3, 0.4) is 0 Å². The van der Waals surface area contributed by atoms with Gasteiger partial charge in [-0.1, -0.05) is 6.07 Å². The Kier molecular flexibility index (Phi) is 3.81. The molecule has 0 atom stereocenters. The van der Waals surface area contributed by atoms with Gasteiger partial charge in [-0.2, -0.15) is 0 Å². The number of carbonyl (C=O) groups is 1. The maximum atomic E-state index is 11.6. The molecular formula is C14H17NO2. The number of rotatable bonds is 3. The lowest BCUT2D eigenvalue weighted by Crippen LogP contribution is -2.09. The topological polar surface area (TPSA) is 38.3 Å². The average molecular weight is 231 g/mol. The molecule has 90 valence electrons. The second-order valence-electron chi connectivity index (χ2n) is 4.18. The first-order valence-electron chi connectivity index (χ1n) is 5.92. The van der Waals surface area contributed by atoms with Crippen LogP contribution in [0.2, 0.25) is 0 Å². The summed E-state index contributed by atoms with van der Waals surface area (Å²) < 4.78 is 5.14. The normalized spacial score (nSPS) is 18.2. The zero-order valence-corrected chi connectivity index (χ0v) is 10.0. The van der Waals surface area contributed by atoms with E-state index in [1.165, 1.54) is 0 Å². The van der Waals surface area contributed by atoms with Gasteiger partial charge in [0.2, 0.25) is 0 Å². The first-order valence-corrected chi connectivity index (χ1v) is 5.92. The molecule has 0 saturated heterocycles. The fourth-order valence-electron chi connectivity index (χ4n) is 1.94. The Bertz CT molecular complexity index is 438. The molecule has 0 aliphatic heterocycles. The smallest absolute Gasteiger partial charge is 0.160 e. The maximum absolute atomic E-state index is 11.6. The van der Waals surface area contributed by atoms with Crippen LogP contribution < -0.4 is 10.1 Å². The quantitative estimate of drug-likeness (QED) is 0.812. The van der Waals surface area contributed by atoms with Crippen molar-refractivity contribution < 1.29 is 9.53 Å². The lowest BCUT2D eigenvalue weighted by molar-refractivity contribution is -0.116. The molecule has 0 bridgehead atoms. The average Bonchev–Trinajstić information content (AvgIpc) is 2.38. The van der Waals surface area contributed by atoms with E-state index in [0.717, 1.165) is 36.3 Å². The SMILES string of the molecule is COc1cccc(N/C=C2/CCCCC2=O)c1. The summed E-state index contributed by atoms with van der Waals surface area (Å²) in [7, 11) is 1.64. The predicted molar refractivity (Wildman–Crippen MR) is 68.2 cm³/mol. The van der Waals surface area contributed by atoms with Gasteiger partial charge in [0.25, 0.3) is 0 Å². The molecule has 1 N–H and O–H groups in total. The molecular weight excluding hydrogens is 214 g/mol. The van der Waals surface area contributed by atoms with E-state index in [4.69, 9.17) is 4.74 Å². The van der Waals surface area contributed by atoms with E-state index in [2.05, 4.69) is 5.32 Å². The second kappa shape index (κ2) is 5.53. The molecule has 1 aliphatic carbocycles. The lowest BCUT2D eigenvalue weighted by atomic mass is 9.94. The van der Waals surface area contributed by atoms with Gasteiger partial charge >= 0.3 is 0 Å². The van der Waals surface area contributed by atoms with Gasteiger partial charge in [0, 0.05) is 29.9 Å². The Morgan fingerprint density at radius 1 is 1.29 bits per heavy atom. The number of ketones is 1. The summed E-state index contributed by atoms with van der Waals surface area (Å²) in [6, 6.07) is 7.67. The number of carbonyl (C=O) groups excluding carboxylic acids is 1. The molecule has 0 amide bonds. The van der Waals surface area contributed by atoms with Crippen molar-refractivity contribution in [2.75, 3.05) is 12.4 Å². The molecule has 3 nitrogen and oxygen atoms in total. The van der Waals surface area contributed by atoms with Crippen molar-refractivity contribution in [1.29, 1.82) is 0 Å². The lowest BCUT2D eigenvalue weighted by Gasteiger charge is -2.13. The van der Waals surface area contributed by atoms with E-state index in [9.17, 15) is 4.79 Å². The van der Waals surface area contributed by atoms with Crippen molar-refractivity contribution >= 4 is 11.5 Å². The summed E-state index contributed by atoms with van der Waals surface area (Å²) in [5.74, 6) is 1.08. The van der Waals surface area contributed by atoms with E-state index in [1.807, 2.05) is 30.5 Å². The Morgan fingerprint density at radius 3 is 2.88 bits per heavy atom. The number of benzene rings is 1. The number of nitrogens with one attached hydrogen (secondary N) is 1. The van der Waals surface area contributed by atoms with Crippen LogP contribution >= 0.6 is 0 Å². The van der Waals surface area contributed by atoms with Gasteiger partial charge in [0.05, 0.1) is 7.11 Å². The van der Waals surface area contributed by atoms with Gasteiger partial charge in [-0.15, -0.1) is 0 Å². The minimum Gasteiger partial charge on any atom is -0.497 e. The number of ether oxygens (including phenoxy) is 1. The van der Waals surface area contributed by atoms with Crippen LogP contribution in [-0.2, 0) is 4.79 Å². The summed E-state index contributed by atoms with van der Waals surface area (Å²) in [4.78, 5) is 11.6. The van der Waals surface area contributed by atoms with Crippen LogP contribution in [-0.4, -0.2) is 12.9 Å². The largest absolute Gasteiger partial charge is 0.497 e. The standard InChI is InChI=1S/C14H17NO2/c1-17-13-7-4-6-12(9-13)15-10-11-5-2-3-8-14(11)16/h4,6-7,9-10,15H,2-3,5,8H2,1H3/b11-10-. The molecule has 0 spiro atoms. The summed E-state index contributed by atoms with van der Waals surface area (Å²) in [6.07, 6.45) is 5.53. The molecule has 1 fully saturated rings. The maximum Gasteiger partial charge on any atom is 0.160 e. The van der Waals surface area contributed by atoms with Crippen LogP contribution in [0.15, 0.2) is 36.0 Å². The van der Waals surface area contributed by atoms with Crippen LogP contribution in [0, 0.1) is 0 Å². The molecule has 1 aliphatic rings. The molecule has 1 aromatic rings. The Balaban J connectivity index is 2.05. The van der Waals surface area contributed by atoms with Crippen molar-refractivity contribution in [2.24, 2.45) is 0 Å². The van der Waals surface area contributed by atoms with Gasteiger partial charge in [0.1, 0.15) is 5.75 Å². The molecule has 0 unspecified atom stereocenters. The van der Waals surface area contributed by atoms with Crippen molar-refractivity contribution in [1.82, 2.24) is 0 Å². The van der Waals surface area contributed by atoms with Crippen LogP contribution in [0.25, 0.3) is 0 Å². The van der Waals surface area contributed by atoms with E-state index in [-0.39, 0.29) is 5.78 Å². The van der Waals surface area contributed by atoms with E-state index in [0.29, 0.717) is 6.42 Å².